The molecular weight excluding hydrogens is 491 g/mol. The first-order valence-electron chi connectivity index (χ1n) is 9.63. The van der Waals surface area contributed by atoms with Crippen molar-refractivity contribution in [2.24, 2.45) is 4.99 Å². The summed E-state index contributed by atoms with van der Waals surface area (Å²) < 4.78 is 1.84. The number of benzene rings is 2. The minimum absolute atomic E-state index is 0. The van der Waals surface area contributed by atoms with Crippen molar-refractivity contribution in [2.75, 3.05) is 26.7 Å². The number of aliphatic imine (C=N–C) groups is 1. The number of aromatic nitrogens is 2. The first-order chi connectivity index (χ1) is 14.3. The zero-order valence-corrected chi connectivity index (χ0v) is 19.2. The smallest absolute Gasteiger partial charge is 0.251 e. The number of hydrogen-bond acceptors (Lipinski definition) is 3. The average molecular weight is 518 g/mol. The quantitative estimate of drug-likeness (QED) is 0.185. The highest BCUT2D eigenvalue weighted by Gasteiger charge is 2.03. The fourth-order valence-electron chi connectivity index (χ4n) is 2.83. The molecule has 0 aliphatic rings. The molecule has 0 aliphatic heterocycles. The minimum Gasteiger partial charge on any atom is -0.356 e. The molecule has 8 heteroatoms. The Morgan fingerprint density at radius 2 is 1.63 bits per heavy atom. The summed E-state index contributed by atoms with van der Waals surface area (Å²) in [6.45, 7) is 1.87. The summed E-state index contributed by atoms with van der Waals surface area (Å²) in [5.74, 6) is 0.640. The maximum Gasteiger partial charge on any atom is 0.251 e. The molecule has 1 amide bonds. The Morgan fingerprint density at radius 1 is 0.933 bits per heavy atom. The normalized spacial score (nSPS) is 10.8. The Hall–Kier alpha value is -2.88. The molecule has 0 fully saturated rings. The first-order valence-corrected chi connectivity index (χ1v) is 9.63. The maximum absolute atomic E-state index is 12.0. The van der Waals surface area contributed by atoms with E-state index in [1.54, 1.807) is 25.4 Å². The first kappa shape index (κ1) is 23.4. The van der Waals surface area contributed by atoms with Gasteiger partial charge in [0.25, 0.3) is 5.91 Å². The highest BCUT2D eigenvalue weighted by atomic mass is 127. The Labute approximate surface area is 194 Å². The van der Waals surface area contributed by atoms with Crippen LogP contribution in [0.5, 0.6) is 0 Å². The molecule has 30 heavy (non-hydrogen) atoms. The predicted octanol–water partition coefficient (Wildman–Crippen LogP) is 2.63. The molecule has 3 N–H and O–H groups in total. The number of carbonyl (C=O) groups is 1. The molecule has 0 atom stereocenters. The van der Waals surface area contributed by atoms with Crippen molar-refractivity contribution in [3.63, 3.8) is 0 Å². The number of rotatable bonds is 8. The van der Waals surface area contributed by atoms with Gasteiger partial charge in [0, 0.05) is 44.6 Å². The third-order valence-electron chi connectivity index (χ3n) is 4.37. The zero-order chi connectivity index (χ0) is 20.3. The third-order valence-corrected chi connectivity index (χ3v) is 4.37. The standard InChI is InChI=1S/C22H26N6O.HI/c1-23-22(26-16-15-24-21(29)19-6-3-2-4-7-19)25-14-12-18-8-10-20(11-9-18)28-17-5-13-27-28;/h2-11,13,17H,12,14-16H2,1H3,(H,24,29)(H2,23,25,26);1H. The van der Waals surface area contributed by atoms with E-state index in [2.05, 4.69) is 50.3 Å². The number of halogens is 1. The van der Waals surface area contributed by atoms with Crippen LogP contribution in [-0.2, 0) is 6.42 Å². The van der Waals surface area contributed by atoms with E-state index in [4.69, 9.17) is 0 Å². The Kier molecular flexibility index (Phi) is 9.85. The number of nitrogens with one attached hydrogen (secondary N) is 3. The van der Waals surface area contributed by atoms with Crippen LogP contribution in [0.15, 0.2) is 78.0 Å². The molecular formula is C22H27IN6O. The van der Waals surface area contributed by atoms with Gasteiger partial charge in [0.2, 0.25) is 0 Å². The van der Waals surface area contributed by atoms with Crippen molar-refractivity contribution in [2.45, 2.75) is 6.42 Å². The summed E-state index contributed by atoms with van der Waals surface area (Å²) in [5, 5.41) is 13.6. The zero-order valence-electron chi connectivity index (χ0n) is 16.9. The number of hydrogen-bond donors (Lipinski definition) is 3. The van der Waals surface area contributed by atoms with Crippen LogP contribution >= 0.6 is 24.0 Å². The van der Waals surface area contributed by atoms with Gasteiger partial charge in [-0.3, -0.25) is 9.79 Å². The van der Waals surface area contributed by atoms with E-state index in [9.17, 15) is 4.79 Å². The lowest BCUT2D eigenvalue weighted by molar-refractivity contribution is 0.0954. The number of nitrogens with zero attached hydrogens (tertiary/aromatic N) is 3. The monoisotopic (exact) mass is 518 g/mol. The van der Waals surface area contributed by atoms with Crippen LogP contribution in [-0.4, -0.2) is 48.3 Å². The van der Waals surface area contributed by atoms with Crippen LogP contribution < -0.4 is 16.0 Å². The van der Waals surface area contributed by atoms with Gasteiger partial charge in [-0.1, -0.05) is 30.3 Å². The second-order valence-corrected chi connectivity index (χ2v) is 6.41. The molecule has 1 heterocycles. The molecule has 3 rings (SSSR count). The molecule has 2 aromatic carbocycles. The highest BCUT2D eigenvalue weighted by molar-refractivity contribution is 14.0. The third kappa shape index (κ3) is 7.18. The van der Waals surface area contributed by atoms with E-state index in [-0.39, 0.29) is 29.9 Å². The Bertz CT molecular complexity index is 911. The lowest BCUT2D eigenvalue weighted by atomic mass is 10.1. The van der Waals surface area contributed by atoms with Crippen LogP contribution in [0.2, 0.25) is 0 Å². The number of carbonyl (C=O) groups excluding carboxylic acids is 1. The second-order valence-electron chi connectivity index (χ2n) is 6.41. The highest BCUT2D eigenvalue weighted by Crippen LogP contribution is 2.08. The van der Waals surface area contributed by atoms with Crippen molar-refractivity contribution in [1.82, 2.24) is 25.7 Å². The summed E-state index contributed by atoms with van der Waals surface area (Å²) in [7, 11) is 1.73. The maximum atomic E-state index is 12.0. The van der Waals surface area contributed by atoms with Gasteiger partial charge >= 0.3 is 0 Å². The fraction of sp³-hybridized carbons (Fsp3) is 0.227. The van der Waals surface area contributed by atoms with Gasteiger partial charge in [-0.05, 0) is 42.3 Å². The predicted molar refractivity (Wildman–Crippen MR) is 131 cm³/mol. The van der Waals surface area contributed by atoms with Crippen molar-refractivity contribution >= 4 is 35.8 Å². The summed E-state index contributed by atoms with van der Waals surface area (Å²) in [6, 6.07) is 19.4. The van der Waals surface area contributed by atoms with E-state index in [1.165, 1.54) is 5.56 Å². The molecule has 0 bridgehead atoms. The molecule has 0 saturated carbocycles. The number of guanidine groups is 1. The van der Waals surface area contributed by atoms with Crippen LogP contribution in [0.25, 0.3) is 5.69 Å². The van der Waals surface area contributed by atoms with Gasteiger partial charge in [-0.2, -0.15) is 5.10 Å². The molecule has 0 saturated heterocycles. The van der Waals surface area contributed by atoms with Gasteiger partial charge in [-0.15, -0.1) is 24.0 Å². The summed E-state index contributed by atoms with van der Waals surface area (Å²) in [6.07, 6.45) is 4.57. The lowest BCUT2D eigenvalue weighted by Gasteiger charge is -2.12. The molecule has 0 unspecified atom stereocenters. The van der Waals surface area contributed by atoms with E-state index < -0.39 is 0 Å². The van der Waals surface area contributed by atoms with E-state index >= 15 is 0 Å². The van der Waals surface area contributed by atoms with Crippen molar-refractivity contribution < 1.29 is 4.79 Å². The molecule has 3 aromatic rings. The molecule has 1 aromatic heterocycles. The van der Waals surface area contributed by atoms with Crippen molar-refractivity contribution in [1.29, 1.82) is 0 Å². The van der Waals surface area contributed by atoms with Crippen LogP contribution in [0.4, 0.5) is 0 Å². The van der Waals surface area contributed by atoms with E-state index in [0.717, 1.165) is 18.7 Å². The summed E-state index contributed by atoms with van der Waals surface area (Å²) in [5.41, 5.74) is 2.94. The SMILES string of the molecule is CN=C(NCCNC(=O)c1ccccc1)NCCc1ccc(-n2cccn2)cc1.I. The topological polar surface area (TPSA) is 83.3 Å². The Balaban J connectivity index is 0.00000320. The molecule has 7 nitrogen and oxygen atoms in total. The van der Waals surface area contributed by atoms with Crippen LogP contribution in [0, 0.1) is 0 Å². The second kappa shape index (κ2) is 12.6. The average Bonchev–Trinajstić information content (AvgIpc) is 3.31. The number of amides is 1. The van der Waals surface area contributed by atoms with Crippen molar-refractivity contribution in [3.8, 4) is 5.69 Å². The molecule has 0 spiro atoms. The van der Waals surface area contributed by atoms with Gasteiger partial charge in [0.15, 0.2) is 5.96 Å². The van der Waals surface area contributed by atoms with E-state index in [1.807, 2.05) is 35.1 Å². The van der Waals surface area contributed by atoms with E-state index in [0.29, 0.717) is 24.6 Å². The lowest BCUT2D eigenvalue weighted by Crippen LogP contribution is -2.42. The summed E-state index contributed by atoms with van der Waals surface area (Å²) >= 11 is 0. The largest absolute Gasteiger partial charge is 0.356 e. The minimum atomic E-state index is -0.0751. The van der Waals surface area contributed by atoms with Crippen LogP contribution in [0.3, 0.4) is 0 Å². The molecule has 0 aliphatic carbocycles. The van der Waals surface area contributed by atoms with Crippen molar-refractivity contribution in [3.05, 3.63) is 84.2 Å². The van der Waals surface area contributed by atoms with Crippen LogP contribution in [0.1, 0.15) is 15.9 Å². The van der Waals surface area contributed by atoms with Gasteiger partial charge < -0.3 is 16.0 Å². The van der Waals surface area contributed by atoms with Gasteiger partial charge in [0.05, 0.1) is 5.69 Å². The van der Waals surface area contributed by atoms with Gasteiger partial charge in [0.1, 0.15) is 0 Å². The molecule has 0 radical (unpaired) electrons. The summed E-state index contributed by atoms with van der Waals surface area (Å²) in [4.78, 5) is 16.2. The fourth-order valence-corrected chi connectivity index (χ4v) is 2.83. The molecule has 158 valence electrons. The Morgan fingerprint density at radius 3 is 2.30 bits per heavy atom. The van der Waals surface area contributed by atoms with Gasteiger partial charge in [-0.25, -0.2) is 4.68 Å².